The van der Waals surface area contributed by atoms with Gasteiger partial charge in [0.1, 0.15) is 0 Å². The zero-order valence-electron chi connectivity index (χ0n) is 9.29. The first-order valence-electron chi connectivity index (χ1n) is 5.99. The van der Waals surface area contributed by atoms with Crippen molar-refractivity contribution in [2.45, 2.75) is 58.5 Å². The number of hydrogen-bond acceptors (Lipinski definition) is 1. The van der Waals surface area contributed by atoms with Crippen molar-refractivity contribution in [3.63, 3.8) is 0 Å². The molecule has 2 rings (SSSR count). The molecule has 1 saturated carbocycles. The summed E-state index contributed by atoms with van der Waals surface area (Å²) < 4.78 is 0. The Morgan fingerprint density at radius 2 is 2.08 bits per heavy atom. The fourth-order valence-electron chi connectivity index (χ4n) is 3.54. The summed E-state index contributed by atoms with van der Waals surface area (Å²) in [4.78, 5) is 2.78. The molecule has 0 aromatic carbocycles. The second-order valence-electron chi connectivity index (χ2n) is 5.14. The van der Waals surface area contributed by atoms with E-state index in [4.69, 9.17) is 0 Å². The predicted octanol–water partition coefficient (Wildman–Crippen LogP) is 2.91. The van der Waals surface area contributed by atoms with Gasteiger partial charge in [-0.1, -0.05) is 27.2 Å². The smallest absolute Gasteiger partial charge is 0.0127 e. The molecular formula is C12H23N. The summed E-state index contributed by atoms with van der Waals surface area (Å²) in [5, 5.41) is 0. The molecule has 0 spiro atoms. The lowest BCUT2D eigenvalue weighted by Gasteiger charge is -2.30. The first-order chi connectivity index (χ1) is 6.24. The third-order valence-corrected chi connectivity index (χ3v) is 4.15. The van der Waals surface area contributed by atoms with Gasteiger partial charge in [-0.3, -0.25) is 4.90 Å². The van der Waals surface area contributed by atoms with Crippen LogP contribution in [0.25, 0.3) is 0 Å². The molecule has 76 valence electrons. The third kappa shape index (κ3) is 1.52. The molecule has 1 aliphatic carbocycles. The molecule has 0 bridgehead atoms. The van der Waals surface area contributed by atoms with Crippen LogP contribution < -0.4 is 0 Å². The summed E-state index contributed by atoms with van der Waals surface area (Å²) in [5.41, 5.74) is 0. The lowest BCUT2D eigenvalue weighted by atomic mass is 9.96. The highest BCUT2D eigenvalue weighted by molar-refractivity contribution is 4.97. The van der Waals surface area contributed by atoms with Gasteiger partial charge >= 0.3 is 0 Å². The quantitative estimate of drug-likeness (QED) is 0.633. The van der Waals surface area contributed by atoms with E-state index in [0.717, 1.165) is 23.9 Å². The van der Waals surface area contributed by atoms with Crippen molar-refractivity contribution < 1.29 is 0 Å². The minimum Gasteiger partial charge on any atom is -0.297 e. The molecule has 1 nitrogen and oxygen atoms in total. The fraction of sp³-hybridized carbons (Fsp3) is 1.00. The van der Waals surface area contributed by atoms with Crippen LogP contribution >= 0.6 is 0 Å². The van der Waals surface area contributed by atoms with Crippen LogP contribution in [0.4, 0.5) is 0 Å². The van der Waals surface area contributed by atoms with E-state index in [1.165, 1.54) is 32.2 Å². The highest BCUT2D eigenvalue weighted by Crippen LogP contribution is 2.42. The van der Waals surface area contributed by atoms with Gasteiger partial charge in [-0.2, -0.15) is 0 Å². The maximum Gasteiger partial charge on any atom is 0.0127 e. The molecule has 0 N–H and O–H groups in total. The van der Waals surface area contributed by atoms with Gasteiger partial charge in [0.25, 0.3) is 0 Å². The average Bonchev–Trinajstić information content (AvgIpc) is 2.60. The largest absolute Gasteiger partial charge is 0.297 e. The first-order valence-corrected chi connectivity index (χ1v) is 5.99. The Morgan fingerprint density at radius 3 is 2.69 bits per heavy atom. The molecule has 2 fully saturated rings. The monoisotopic (exact) mass is 181 g/mol. The Hall–Kier alpha value is -0.0400. The summed E-state index contributed by atoms with van der Waals surface area (Å²) in [5.74, 6) is 1.90. The zero-order valence-corrected chi connectivity index (χ0v) is 9.29. The summed E-state index contributed by atoms with van der Waals surface area (Å²) in [6, 6.07) is 1.85. The van der Waals surface area contributed by atoms with Crippen molar-refractivity contribution in [1.29, 1.82) is 0 Å². The molecule has 0 aromatic heterocycles. The van der Waals surface area contributed by atoms with Crippen molar-refractivity contribution in [3.8, 4) is 0 Å². The Morgan fingerprint density at radius 1 is 1.31 bits per heavy atom. The number of nitrogens with zero attached hydrogens (tertiary/aromatic N) is 1. The number of hydrogen-bond donors (Lipinski definition) is 0. The predicted molar refractivity (Wildman–Crippen MR) is 56.8 cm³/mol. The molecule has 1 aliphatic heterocycles. The van der Waals surface area contributed by atoms with Crippen molar-refractivity contribution in [2.75, 3.05) is 6.54 Å². The van der Waals surface area contributed by atoms with E-state index in [2.05, 4.69) is 25.7 Å². The highest BCUT2D eigenvalue weighted by Gasteiger charge is 2.43. The maximum absolute atomic E-state index is 2.78. The van der Waals surface area contributed by atoms with Crippen molar-refractivity contribution in [3.05, 3.63) is 0 Å². The molecule has 1 saturated heterocycles. The van der Waals surface area contributed by atoms with E-state index < -0.39 is 0 Å². The Kier molecular flexibility index (Phi) is 2.64. The Balaban J connectivity index is 2.08. The van der Waals surface area contributed by atoms with Crippen LogP contribution in [0, 0.1) is 11.8 Å². The molecular weight excluding hydrogens is 158 g/mol. The van der Waals surface area contributed by atoms with E-state index >= 15 is 0 Å². The van der Waals surface area contributed by atoms with Crippen molar-refractivity contribution in [1.82, 2.24) is 4.90 Å². The van der Waals surface area contributed by atoms with E-state index in [0.29, 0.717) is 0 Å². The van der Waals surface area contributed by atoms with Gasteiger partial charge in [-0.05, 0) is 37.6 Å². The van der Waals surface area contributed by atoms with E-state index in [1.54, 1.807) is 0 Å². The summed E-state index contributed by atoms with van der Waals surface area (Å²) in [7, 11) is 0. The van der Waals surface area contributed by atoms with E-state index in [9.17, 15) is 0 Å². The summed E-state index contributed by atoms with van der Waals surface area (Å²) in [6.45, 7) is 8.36. The number of likely N-dealkylation sites (tertiary alicyclic amines) is 1. The third-order valence-electron chi connectivity index (χ3n) is 4.15. The second-order valence-corrected chi connectivity index (χ2v) is 5.14. The minimum atomic E-state index is 0.852. The lowest BCUT2D eigenvalue weighted by molar-refractivity contribution is 0.163. The molecule has 1 heterocycles. The van der Waals surface area contributed by atoms with Gasteiger partial charge in [0.15, 0.2) is 0 Å². The average molecular weight is 181 g/mol. The van der Waals surface area contributed by atoms with Crippen LogP contribution in [0.15, 0.2) is 0 Å². The maximum atomic E-state index is 2.78. The van der Waals surface area contributed by atoms with Crippen LogP contribution in [0.1, 0.15) is 46.5 Å². The topological polar surface area (TPSA) is 3.24 Å². The molecule has 1 unspecified atom stereocenters. The van der Waals surface area contributed by atoms with Gasteiger partial charge < -0.3 is 0 Å². The normalized spacial score (nSPS) is 40.2. The van der Waals surface area contributed by atoms with Gasteiger partial charge in [0, 0.05) is 12.1 Å². The van der Waals surface area contributed by atoms with Crippen molar-refractivity contribution >= 4 is 0 Å². The zero-order chi connectivity index (χ0) is 9.42. The van der Waals surface area contributed by atoms with E-state index in [1.807, 2.05) is 0 Å². The summed E-state index contributed by atoms with van der Waals surface area (Å²) >= 11 is 0. The van der Waals surface area contributed by atoms with E-state index in [-0.39, 0.29) is 0 Å². The van der Waals surface area contributed by atoms with Gasteiger partial charge in [-0.15, -0.1) is 0 Å². The van der Waals surface area contributed by atoms with Crippen LogP contribution in [-0.2, 0) is 0 Å². The molecule has 0 radical (unpaired) electrons. The SMILES string of the molecule is CCN1[C@H](C(C)C)CC2CCC[C@@H]21. The number of rotatable bonds is 2. The minimum absolute atomic E-state index is 0.852. The summed E-state index contributed by atoms with van der Waals surface area (Å²) in [6.07, 6.45) is 5.94. The van der Waals surface area contributed by atoms with Gasteiger partial charge in [0.05, 0.1) is 0 Å². The Labute approximate surface area is 82.5 Å². The fourth-order valence-corrected chi connectivity index (χ4v) is 3.54. The van der Waals surface area contributed by atoms with Crippen LogP contribution in [0.5, 0.6) is 0 Å². The van der Waals surface area contributed by atoms with Gasteiger partial charge in [0.2, 0.25) is 0 Å². The lowest BCUT2D eigenvalue weighted by Crippen LogP contribution is -2.38. The highest BCUT2D eigenvalue weighted by atomic mass is 15.2. The van der Waals surface area contributed by atoms with Crippen LogP contribution in [0.2, 0.25) is 0 Å². The molecule has 3 atom stereocenters. The van der Waals surface area contributed by atoms with Crippen LogP contribution in [0.3, 0.4) is 0 Å². The second kappa shape index (κ2) is 3.61. The molecule has 13 heavy (non-hydrogen) atoms. The number of fused-ring (bicyclic) bond motifs is 1. The molecule has 0 aromatic rings. The Bertz CT molecular complexity index is 176. The van der Waals surface area contributed by atoms with Crippen molar-refractivity contribution in [2.24, 2.45) is 11.8 Å². The van der Waals surface area contributed by atoms with Crippen LogP contribution in [-0.4, -0.2) is 23.5 Å². The molecule has 2 aliphatic rings. The molecule has 0 amide bonds. The standard InChI is InChI=1S/C12H23N/c1-4-13-11-7-5-6-10(11)8-12(13)9(2)3/h9-12H,4-8H2,1-3H3/t10?,11-,12-/m0/s1. The molecule has 1 heteroatoms. The van der Waals surface area contributed by atoms with Gasteiger partial charge in [-0.25, -0.2) is 0 Å². The first kappa shape index (κ1) is 9.51.